The van der Waals surface area contributed by atoms with Crippen molar-refractivity contribution in [2.45, 2.75) is 11.4 Å². The van der Waals surface area contributed by atoms with E-state index in [0.29, 0.717) is 18.4 Å². The minimum atomic E-state index is -0.222. The predicted molar refractivity (Wildman–Crippen MR) is 91.0 cm³/mol. The van der Waals surface area contributed by atoms with Crippen LogP contribution in [0.5, 0.6) is 0 Å². The molecule has 2 saturated heterocycles. The maximum absolute atomic E-state index is 13.1. The molecule has 1 N–H and O–H groups in total. The number of carbonyl (C=O) groups excluding carboxylic acids is 1. The Morgan fingerprint density at radius 2 is 2.36 bits per heavy atom. The lowest BCUT2D eigenvalue weighted by Gasteiger charge is -2.31. The molecule has 2 fully saturated rings. The molecular weight excluding hydrogens is 294 g/mol. The first-order valence-corrected chi connectivity index (χ1v) is 9.05. The van der Waals surface area contributed by atoms with E-state index in [0.717, 1.165) is 26.2 Å². The Bertz CT molecular complexity index is 565. The minimum Gasteiger partial charge on any atom is -0.341 e. The number of carbonyl (C=O) groups is 1. The van der Waals surface area contributed by atoms with Crippen LogP contribution in [0.25, 0.3) is 0 Å². The van der Waals surface area contributed by atoms with E-state index in [1.54, 1.807) is 11.8 Å². The highest BCUT2D eigenvalue weighted by Gasteiger charge is 2.54. The highest BCUT2D eigenvalue weighted by molar-refractivity contribution is 7.98. The lowest BCUT2D eigenvalue weighted by atomic mass is 9.79. The van der Waals surface area contributed by atoms with E-state index in [1.807, 2.05) is 11.9 Å². The van der Waals surface area contributed by atoms with Gasteiger partial charge in [-0.1, -0.05) is 12.1 Å². The minimum absolute atomic E-state index is 0.222. The number of benzene rings is 1. The molecule has 4 nitrogen and oxygen atoms in total. The average molecular weight is 319 g/mol. The zero-order valence-electron chi connectivity index (χ0n) is 13.6. The molecule has 2 atom stereocenters. The van der Waals surface area contributed by atoms with Crippen molar-refractivity contribution >= 4 is 17.7 Å². The predicted octanol–water partition coefficient (Wildman–Crippen LogP) is 1.52. The van der Waals surface area contributed by atoms with Crippen molar-refractivity contribution in [1.29, 1.82) is 0 Å². The van der Waals surface area contributed by atoms with Crippen LogP contribution in [0.1, 0.15) is 5.56 Å². The van der Waals surface area contributed by atoms with Gasteiger partial charge < -0.3 is 15.1 Å². The molecular formula is C17H25N3OS. The third kappa shape index (κ3) is 2.77. The zero-order valence-corrected chi connectivity index (χ0v) is 14.4. The quantitative estimate of drug-likeness (QED) is 0.854. The molecule has 22 heavy (non-hydrogen) atoms. The molecule has 0 aliphatic carbocycles. The Balaban J connectivity index is 1.74. The van der Waals surface area contributed by atoms with Gasteiger partial charge in [-0.25, -0.2) is 0 Å². The molecule has 0 spiro atoms. The summed E-state index contributed by atoms with van der Waals surface area (Å²) in [5.74, 6) is 0.742. The highest BCUT2D eigenvalue weighted by Crippen LogP contribution is 2.40. The number of thioether (sulfide) groups is 1. The van der Waals surface area contributed by atoms with Crippen LogP contribution in [-0.2, 0) is 11.3 Å². The number of likely N-dealkylation sites (tertiary alicyclic amines) is 1. The number of hydrogen-bond donors (Lipinski definition) is 1. The maximum atomic E-state index is 13.1. The Hall–Kier alpha value is -1.04. The van der Waals surface area contributed by atoms with Crippen molar-refractivity contribution < 1.29 is 4.79 Å². The smallest absolute Gasteiger partial charge is 0.231 e. The molecule has 0 unspecified atom stereocenters. The second-order valence-corrected chi connectivity index (χ2v) is 7.57. The number of hydrogen-bond acceptors (Lipinski definition) is 4. The van der Waals surface area contributed by atoms with Gasteiger partial charge in [0, 0.05) is 50.6 Å². The number of nitrogens with zero attached hydrogens (tertiary/aromatic N) is 2. The largest absolute Gasteiger partial charge is 0.341 e. The van der Waals surface area contributed by atoms with Gasteiger partial charge in [-0.2, -0.15) is 0 Å². The Labute approximate surface area is 137 Å². The topological polar surface area (TPSA) is 35.6 Å². The number of nitrogens with one attached hydrogen (secondary N) is 1. The van der Waals surface area contributed by atoms with Gasteiger partial charge in [0.1, 0.15) is 0 Å². The molecule has 2 aliphatic rings. The van der Waals surface area contributed by atoms with Gasteiger partial charge in [0.15, 0.2) is 0 Å². The van der Waals surface area contributed by atoms with Crippen molar-refractivity contribution in [1.82, 2.24) is 15.1 Å². The summed E-state index contributed by atoms with van der Waals surface area (Å²) in [6.45, 7) is 4.36. The monoisotopic (exact) mass is 319 g/mol. The van der Waals surface area contributed by atoms with E-state index in [-0.39, 0.29) is 5.41 Å². The molecule has 0 saturated carbocycles. The molecule has 3 rings (SSSR count). The second kappa shape index (κ2) is 6.22. The van der Waals surface area contributed by atoms with Crippen molar-refractivity contribution in [3.63, 3.8) is 0 Å². The van der Waals surface area contributed by atoms with Gasteiger partial charge in [0.2, 0.25) is 5.91 Å². The van der Waals surface area contributed by atoms with E-state index in [4.69, 9.17) is 0 Å². The van der Waals surface area contributed by atoms with Gasteiger partial charge in [-0.05, 0) is 31.0 Å². The molecule has 0 aromatic heterocycles. The molecule has 5 heteroatoms. The summed E-state index contributed by atoms with van der Waals surface area (Å²) < 4.78 is 0. The zero-order chi connectivity index (χ0) is 15.7. The lowest BCUT2D eigenvalue weighted by Crippen LogP contribution is -2.47. The van der Waals surface area contributed by atoms with Crippen molar-refractivity contribution in [3.8, 4) is 0 Å². The Morgan fingerprint density at radius 3 is 3.14 bits per heavy atom. The molecule has 2 aliphatic heterocycles. The van der Waals surface area contributed by atoms with Gasteiger partial charge in [-0.15, -0.1) is 11.8 Å². The van der Waals surface area contributed by atoms with Crippen molar-refractivity contribution in [2.24, 2.45) is 11.3 Å². The van der Waals surface area contributed by atoms with Crippen LogP contribution in [0.2, 0.25) is 0 Å². The fourth-order valence-electron chi connectivity index (χ4n) is 3.97. The molecule has 1 aromatic rings. The van der Waals surface area contributed by atoms with Crippen molar-refractivity contribution in [2.75, 3.05) is 46.5 Å². The lowest BCUT2D eigenvalue weighted by molar-refractivity contribution is -0.141. The third-order valence-electron chi connectivity index (χ3n) is 5.02. The highest BCUT2D eigenvalue weighted by atomic mass is 32.2. The molecule has 0 bridgehead atoms. The fourth-order valence-corrected chi connectivity index (χ4v) is 4.45. The van der Waals surface area contributed by atoms with Gasteiger partial charge in [0.05, 0.1) is 5.41 Å². The molecule has 0 radical (unpaired) electrons. The maximum Gasteiger partial charge on any atom is 0.231 e. The fraction of sp³-hybridized carbons (Fsp3) is 0.588. The summed E-state index contributed by atoms with van der Waals surface area (Å²) in [6.07, 6.45) is 2.08. The second-order valence-electron chi connectivity index (χ2n) is 6.69. The van der Waals surface area contributed by atoms with E-state index >= 15 is 0 Å². The van der Waals surface area contributed by atoms with Crippen LogP contribution in [0, 0.1) is 11.3 Å². The first kappa shape index (κ1) is 15.8. The van der Waals surface area contributed by atoms with Gasteiger partial charge in [0.25, 0.3) is 0 Å². The van der Waals surface area contributed by atoms with E-state index in [1.165, 1.54) is 10.5 Å². The first-order chi connectivity index (χ1) is 10.5. The Kier molecular flexibility index (Phi) is 4.48. The average Bonchev–Trinajstić information content (AvgIpc) is 3.03. The Morgan fingerprint density at radius 1 is 1.55 bits per heavy atom. The summed E-state index contributed by atoms with van der Waals surface area (Å²) in [6, 6.07) is 8.46. The van der Waals surface area contributed by atoms with Crippen LogP contribution < -0.4 is 5.32 Å². The number of rotatable bonds is 4. The standard InChI is InChI=1S/C17H25N3OS/c1-19-10-14-8-18-11-17(14,12-19)16(21)20(2)9-13-5-4-6-15(7-13)22-3/h4-7,14,18H,8-12H2,1-3H3/t14-,17-/m1/s1. The summed E-state index contributed by atoms with van der Waals surface area (Å²) in [5.41, 5.74) is 0.980. The van der Waals surface area contributed by atoms with Crippen LogP contribution in [0.3, 0.4) is 0 Å². The third-order valence-corrected chi connectivity index (χ3v) is 5.75. The van der Waals surface area contributed by atoms with Crippen LogP contribution in [0.15, 0.2) is 29.2 Å². The van der Waals surface area contributed by atoms with Crippen LogP contribution in [0.4, 0.5) is 0 Å². The normalized spacial score (nSPS) is 27.9. The van der Waals surface area contributed by atoms with E-state index < -0.39 is 0 Å². The van der Waals surface area contributed by atoms with Crippen LogP contribution in [-0.4, -0.2) is 62.2 Å². The first-order valence-electron chi connectivity index (χ1n) is 7.83. The molecule has 1 amide bonds. The summed E-state index contributed by atoms with van der Waals surface area (Å²) in [4.78, 5) is 18.6. The molecule has 120 valence electrons. The van der Waals surface area contributed by atoms with E-state index in [9.17, 15) is 4.79 Å². The summed E-state index contributed by atoms with van der Waals surface area (Å²) >= 11 is 1.74. The molecule has 1 aromatic carbocycles. The van der Waals surface area contributed by atoms with Crippen molar-refractivity contribution in [3.05, 3.63) is 29.8 Å². The number of amides is 1. The number of fused-ring (bicyclic) bond motifs is 1. The summed E-state index contributed by atoms with van der Waals surface area (Å²) in [5, 5.41) is 3.43. The van der Waals surface area contributed by atoms with Gasteiger partial charge >= 0.3 is 0 Å². The van der Waals surface area contributed by atoms with Crippen LogP contribution >= 0.6 is 11.8 Å². The molecule has 2 heterocycles. The summed E-state index contributed by atoms with van der Waals surface area (Å²) in [7, 11) is 4.06. The van der Waals surface area contributed by atoms with E-state index in [2.05, 4.69) is 47.8 Å². The van der Waals surface area contributed by atoms with Gasteiger partial charge in [-0.3, -0.25) is 4.79 Å². The SMILES string of the molecule is CSc1cccc(CN(C)C(=O)[C@@]23CNC[C@@H]2CN(C)C3)c1.